The van der Waals surface area contributed by atoms with Crippen molar-refractivity contribution in [3.8, 4) is 0 Å². The maximum absolute atomic E-state index is 11.4. The smallest absolute Gasteiger partial charge is 0.356 e. The number of nitrogens with zero attached hydrogens (tertiary/aromatic N) is 2. The van der Waals surface area contributed by atoms with Crippen molar-refractivity contribution in [2.45, 2.75) is 19.8 Å². The maximum atomic E-state index is 11.4. The van der Waals surface area contributed by atoms with Gasteiger partial charge in [-0.1, -0.05) is 6.92 Å². The Morgan fingerprint density at radius 2 is 2.30 bits per heavy atom. The third-order valence-corrected chi connectivity index (χ3v) is 3.48. The fourth-order valence-electron chi connectivity index (χ4n) is 2.04. The number of nitrogens with one attached hydrogen (secondary N) is 1. The number of anilines is 1. The molecule has 108 valence electrons. The minimum absolute atomic E-state index is 0.0553. The van der Waals surface area contributed by atoms with Crippen LogP contribution in [0.5, 0.6) is 0 Å². The molecule has 7 nitrogen and oxygen atoms in total. The van der Waals surface area contributed by atoms with Crippen LogP contribution in [0.15, 0.2) is 12.1 Å². The second-order valence-electron chi connectivity index (χ2n) is 5.01. The van der Waals surface area contributed by atoms with Gasteiger partial charge in [0.05, 0.1) is 12.0 Å². The summed E-state index contributed by atoms with van der Waals surface area (Å²) in [6.45, 7) is 2.70. The van der Waals surface area contributed by atoms with E-state index in [4.69, 9.17) is 0 Å². The lowest BCUT2D eigenvalue weighted by Crippen LogP contribution is -2.16. The first-order chi connectivity index (χ1) is 9.52. The Hall–Kier alpha value is -2.18. The van der Waals surface area contributed by atoms with Crippen molar-refractivity contribution in [2.24, 2.45) is 11.8 Å². The fraction of sp³-hybridized carbons (Fsp3) is 0.538. The minimum atomic E-state index is -0.613. The molecule has 1 saturated carbocycles. The van der Waals surface area contributed by atoms with Crippen LogP contribution in [0.4, 0.5) is 11.5 Å². The summed E-state index contributed by atoms with van der Waals surface area (Å²) in [4.78, 5) is 25.9. The Bertz CT molecular complexity index is 528. The van der Waals surface area contributed by atoms with E-state index in [1.54, 1.807) is 0 Å². The standard InChI is InChI=1S/C13H17N3O4/c1-8(9-3-4-9)7-14-12-11(16(18)19)6-5-10(15-12)13(17)20-2/h5-6,8-9H,3-4,7H2,1-2H3,(H,14,15). The van der Waals surface area contributed by atoms with Crippen LogP contribution in [0, 0.1) is 22.0 Å². The van der Waals surface area contributed by atoms with Crippen LogP contribution in [-0.4, -0.2) is 29.5 Å². The highest BCUT2D eigenvalue weighted by Gasteiger charge is 2.28. The Morgan fingerprint density at radius 3 is 2.85 bits per heavy atom. The zero-order valence-corrected chi connectivity index (χ0v) is 11.5. The molecule has 0 amide bonds. The number of rotatable bonds is 6. The number of hydrogen-bond acceptors (Lipinski definition) is 6. The van der Waals surface area contributed by atoms with E-state index in [9.17, 15) is 14.9 Å². The molecule has 0 spiro atoms. The molecule has 7 heteroatoms. The highest BCUT2D eigenvalue weighted by molar-refractivity contribution is 5.88. The Labute approximate surface area is 116 Å². The number of methoxy groups -OCH3 is 1. The molecule has 1 unspecified atom stereocenters. The summed E-state index contributed by atoms with van der Waals surface area (Å²) < 4.78 is 4.57. The van der Waals surface area contributed by atoms with Gasteiger partial charge in [-0.05, 0) is 30.7 Å². The molecular weight excluding hydrogens is 262 g/mol. The van der Waals surface area contributed by atoms with Crippen molar-refractivity contribution in [2.75, 3.05) is 19.0 Å². The van der Waals surface area contributed by atoms with Crippen LogP contribution in [0.1, 0.15) is 30.3 Å². The van der Waals surface area contributed by atoms with Crippen molar-refractivity contribution in [3.63, 3.8) is 0 Å². The molecular formula is C13H17N3O4. The van der Waals surface area contributed by atoms with E-state index in [-0.39, 0.29) is 17.2 Å². The second kappa shape index (κ2) is 5.85. The normalized spacial score (nSPS) is 15.5. The largest absolute Gasteiger partial charge is 0.464 e. The molecule has 1 aliphatic rings. The predicted octanol–water partition coefficient (Wildman–Crippen LogP) is 2.23. The van der Waals surface area contributed by atoms with Crippen LogP contribution in [0.25, 0.3) is 0 Å². The molecule has 0 bridgehead atoms. The van der Waals surface area contributed by atoms with Crippen molar-refractivity contribution in [3.05, 3.63) is 27.9 Å². The van der Waals surface area contributed by atoms with E-state index in [2.05, 4.69) is 22.0 Å². The molecule has 0 saturated heterocycles. The van der Waals surface area contributed by atoms with E-state index < -0.39 is 10.9 Å². The van der Waals surface area contributed by atoms with E-state index in [1.807, 2.05) is 0 Å². The SMILES string of the molecule is COC(=O)c1ccc([N+](=O)[O-])c(NCC(C)C2CC2)n1. The lowest BCUT2D eigenvalue weighted by atomic mass is 10.1. The van der Waals surface area contributed by atoms with Crippen molar-refractivity contribution >= 4 is 17.5 Å². The van der Waals surface area contributed by atoms with Gasteiger partial charge in [0.1, 0.15) is 0 Å². The van der Waals surface area contributed by atoms with Crippen LogP contribution < -0.4 is 5.32 Å². The number of esters is 1. The van der Waals surface area contributed by atoms with E-state index in [1.165, 1.54) is 32.1 Å². The lowest BCUT2D eigenvalue weighted by molar-refractivity contribution is -0.384. The van der Waals surface area contributed by atoms with E-state index >= 15 is 0 Å². The molecule has 0 aromatic carbocycles. The van der Waals surface area contributed by atoms with Gasteiger partial charge in [-0.25, -0.2) is 9.78 Å². The summed E-state index contributed by atoms with van der Waals surface area (Å²) in [5.74, 6) is 0.618. The minimum Gasteiger partial charge on any atom is -0.464 e. The first-order valence-corrected chi connectivity index (χ1v) is 6.50. The van der Waals surface area contributed by atoms with Gasteiger partial charge in [0.15, 0.2) is 5.69 Å². The van der Waals surface area contributed by atoms with E-state index in [0.29, 0.717) is 18.4 Å². The van der Waals surface area contributed by atoms with Gasteiger partial charge in [0.25, 0.3) is 0 Å². The van der Waals surface area contributed by atoms with Gasteiger partial charge >= 0.3 is 11.7 Å². The molecule has 1 atom stereocenters. The monoisotopic (exact) mass is 279 g/mol. The zero-order valence-electron chi connectivity index (χ0n) is 11.5. The van der Waals surface area contributed by atoms with Crippen LogP contribution in [0.2, 0.25) is 0 Å². The van der Waals surface area contributed by atoms with Crippen LogP contribution >= 0.6 is 0 Å². The molecule has 0 radical (unpaired) electrons. The summed E-state index contributed by atoms with van der Waals surface area (Å²) in [6, 6.07) is 2.56. The summed E-state index contributed by atoms with van der Waals surface area (Å²) >= 11 is 0. The summed E-state index contributed by atoms with van der Waals surface area (Å²) in [7, 11) is 1.24. The Morgan fingerprint density at radius 1 is 1.60 bits per heavy atom. The van der Waals surface area contributed by atoms with Gasteiger partial charge in [-0.2, -0.15) is 0 Å². The highest BCUT2D eigenvalue weighted by Crippen LogP contribution is 2.36. The quantitative estimate of drug-likeness (QED) is 0.487. The van der Waals surface area contributed by atoms with Crippen LogP contribution in [-0.2, 0) is 4.74 Å². The Balaban J connectivity index is 2.17. The fourth-order valence-corrected chi connectivity index (χ4v) is 2.04. The van der Waals surface area contributed by atoms with Crippen molar-refractivity contribution < 1.29 is 14.5 Å². The molecule has 1 heterocycles. The van der Waals surface area contributed by atoms with Gasteiger partial charge in [-0.15, -0.1) is 0 Å². The molecule has 1 aliphatic carbocycles. The zero-order chi connectivity index (χ0) is 14.7. The number of pyridine rings is 1. The maximum Gasteiger partial charge on any atom is 0.356 e. The number of hydrogen-bond donors (Lipinski definition) is 1. The topological polar surface area (TPSA) is 94.4 Å². The number of ether oxygens (including phenoxy) is 1. The predicted molar refractivity (Wildman–Crippen MR) is 72.6 cm³/mol. The highest BCUT2D eigenvalue weighted by atomic mass is 16.6. The first-order valence-electron chi connectivity index (χ1n) is 6.50. The van der Waals surface area contributed by atoms with Crippen molar-refractivity contribution in [1.29, 1.82) is 0 Å². The van der Waals surface area contributed by atoms with Gasteiger partial charge in [0.2, 0.25) is 5.82 Å². The third kappa shape index (κ3) is 3.23. The number of carbonyl (C=O) groups excluding carboxylic acids is 1. The van der Waals surface area contributed by atoms with Gasteiger partial charge < -0.3 is 10.1 Å². The second-order valence-corrected chi connectivity index (χ2v) is 5.01. The molecule has 1 fully saturated rings. The number of carbonyl (C=O) groups is 1. The first kappa shape index (κ1) is 14.2. The molecule has 1 N–H and O–H groups in total. The average molecular weight is 279 g/mol. The number of aromatic nitrogens is 1. The molecule has 1 aromatic heterocycles. The molecule has 2 rings (SSSR count). The van der Waals surface area contributed by atoms with E-state index in [0.717, 1.165) is 0 Å². The summed E-state index contributed by atoms with van der Waals surface area (Å²) in [5.41, 5.74) is -0.0830. The Kier molecular flexibility index (Phi) is 4.16. The van der Waals surface area contributed by atoms with Gasteiger partial charge in [0, 0.05) is 12.6 Å². The van der Waals surface area contributed by atoms with Gasteiger partial charge in [-0.3, -0.25) is 10.1 Å². The molecule has 0 aliphatic heterocycles. The number of nitro groups is 1. The third-order valence-electron chi connectivity index (χ3n) is 3.48. The molecule has 20 heavy (non-hydrogen) atoms. The van der Waals surface area contributed by atoms with Crippen LogP contribution in [0.3, 0.4) is 0 Å². The summed E-state index contributed by atoms with van der Waals surface area (Å²) in [6.07, 6.45) is 2.42. The lowest BCUT2D eigenvalue weighted by Gasteiger charge is -2.12. The van der Waals surface area contributed by atoms with Crippen molar-refractivity contribution in [1.82, 2.24) is 4.98 Å². The average Bonchev–Trinajstić information content (AvgIpc) is 3.27. The summed E-state index contributed by atoms with van der Waals surface area (Å²) in [5, 5.41) is 13.9. The molecule has 1 aromatic rings.